The number of carbonyl (C=O) groups is 1. The van der Waals surface area contributed by atoms with Gasteiger partial charge < -0.3 is 5.11 Å². The van der Waals surface area contributed by atoms with Crippen LogP contribution in [0.15, 0.2) is 24.4 Å². The molecular formula is C14H15ClN2O2. The van der Waals surface area contributed by atoms with Crippen LogP contribution in [0.2, 0.25) is 5.02 Å². The summed E-state index contributed by atoms with van der Waals surface area (Å²) in [6.45, 7) is 2.06. The van der Waals surface area contributed by atoms with Crippen molar-refractivity contribution in [3.63, 3.8) is 0 Å². The van der Waals surface area contributed by atoms with Crippen LogP contribution in [0, 0.1) is 0 Å². The highest BCUT2D eigenvalue weighted by Crippen LogP contribution is 2.30. The number of carboxylic acid groups (broad SMARTS) is 1. The summed E-state index contributed by atoms with van der Waals surface area (Å²) in [6.07, 6.45) is 3.60. The second kappa shape index (κ2) is 5.45. The summed E-state index contributed by atoms with van der Waals surface area (Å²) >= 11 is 5.99. The van der Waals surface area contributed by atoms with Crippen LogP contribution in [0.5, 0.6) is 0 Å². The molecule has 1 N–H and O–H groups in total. The molecule has 0 saturated carbocycles. The van der Waals surface area contributed by atoms with Gasteiger partial charge in [-0.25, -0.2) is 4.79 Å². The van der Waals surface area contributed by atoms with Gasteiger partial charge >= 0.3 is 5.97 Å². The number of hydrogen-bond acceptors (Lipinski definition) is 2. The first-order valence-corrected chi connectivity index (χ1v) is 6.46. The molecule has 0 atom stereocenters. The molecule has 0 aliphatic carbocycles. The SMILES string of the molecule is CCCc1nn(C)cc1-c1cc(Cl)ccc1C(=O)O. The Morgan fingerprint density at radius 3 is 2.79 bits per heavy atom. The normalized spacial score (nSPS) is 10.7. The van der Waals surface area contributed by atoms with E-state index in [4.69, 9.17) is 11.6 Å². The molecule has 2 rings (SSSR count). The molecule has 2 aromatic rings. The van der Waals surface area contributed by atoms with Gasteiger partial charge in [0.1, 0.15) is 0 Å². The molecule has 0 saturated heterocycles. The van der Waals surface area contributed by atoms with Gasteiger partial charge in [0.2, 0.25) is 0 Å². The molecule has 4 nitrogen and oxygen atoms in total. The lowest BCUT2D eigenvalue weighted by atomic mass is 9.99. The average Bonchev–Trinajstić information content (AvgIpc) is 2.70. The maximum Gasteiger partial charge on any atom is 0.336 e. The Balaban J connectivity index is 2.63. The van der Waals surface area contributed by atoms with E-state index in [9.17, 15) is 9.90 Å². The fourth-order valence-electron chi connectivity index (χ4n) is 2.11. The summed E-state index contributed by atoms with van der Waals surface area (Å²) in [7, 11) is 1.83. The van der Waals surface area contributed by atoms with Gasteiger partial charge in [0.05, 0.1) is 11.3 Å². The van der Waals surface area contributed by atoms with Crippen LogP contribution in [0.3, 0.4) is 0 Å². The Bertz CT molecular complexity index is 620. The van der Waals surface area contributed by atoms with Crippen molar-refractivity contribution >= 4 is 17.6 Å². The topological polar surface area (TPSA) is 55.1 Å². The number of aromatic nitrogens is 2. The zero-order valence-corrected chi connectivity index (χ0v) is 11.6. The lowest BCUT2D eigenvalue weighted by Crippen LogP contribution is -2.00. The number of carboxylic acids is 1. The Morgan fingerprint density at radius 1 is 1.42 bits per heavy atom. The number of aryl methyl sites for hydroxylation is 2. The predicted octanol–water partition coefficient (Wildman–Crippen LogP) is 3.39. The molecule has 0 unspecified atom stereocenters. The standard InChI is InChI=1S/C14H15ClN2O2/c1-3-4-13-12(8-17(2)16-13)11-7-9(15)5-6-10(11)14(18)19/h5-8H,3-4H2,1-2H3,(H,18,19). The lowest BCUT2D eigenvalue weighted by molar-refractivity contribution is 0.0698. The first-order valence-electron chi connectivity index (χ1n) is 6.08. The van der Waals surface area contributed by atoms with Crippen molar-refractivity contribution in [3.8, 4) is 11.1 Å². The largest absolute Gasteiger partial charge is 0.478 e. The number of nitrogens with zero attached hydrogens (tertiary/aromatic N) is 2. The monoisotopic (exact) mass is 278 g/mol. The fraction of sp³-hybridized carbons (Fsp3) is 0.286. The Morgan fingerprint density at radius 2 is 2.16 bits per heavy atom. The molecule has 1 aromatic heterocycles. The molecule has 1 heterocycles. The molecule has 0 spiro atoms. The second-order valence-electron chi connectivity index (χ2n) is 4.41. The quantitative estimate of drug-likeness (QED) is 0.933. The lowest BCUT2D eigenvalue weighted by Gasteiger charge is -2.06. The Kier molecular flexibility index (Phi) is 3.90. The van der Waals surface area contributed by atoms with Gasteiger partial charge in [0.25, 0.3) is 0 Å². The molecular weight excluding hydrogens is 264 g/mol. The third kappa shape index (κ3) is 2.79. The summed E-state index contributed by atoms with van der Waals surface area (Å²) in [6, 6.07) is 4.80. The smallest absolute Gasteiger partial charge is 0.336 e. The zero-order valence-electron chi connectivity index (χ0n) is 10.9. The predicted molar refractivity (Wildman–Crippen MR) is 74.6 cm³/mol. The molecule has 0 bridgehead atoms. The molecule has 0 fully saturated rings. The van der Waals surface area contributed by atoms with E-state index in [2.05, 4.69) is 12.0 Å². The minimum atomic E-state index is -0.960. The minimum Gasteiger partial charge on any atom is -0.478 e. The van der Waals surface area contributed by atoms with Crippen molar-refractivity contribution in [3.05, 3.63) is 40.7 Å². The highest BCUT2D eigenvalue weighted by atomic mass is 35.5. The molecule has 0 aliphatic heterocycles. The van der Waals surface area contributed by atoms with Gasteiger partial charge in [-0.15, -0.1) is 0 Å². The van der Waals surface area contributed by atoms with E-state index in [0.29, 0.717) is 10.6 Å². The van der Waals surface area contributed by atoms with Crippen LogP contribution in [0.1, 0.15) is 29.4 Å². The van der Waals surface area contributed by atoms with Gasteiger partial charge in [-0.05, 0) is 24.6 Å². The first kappa shape index (κ1) is 13.6. The van der Waals surface area contributed by atoms with E-state index in [1.807, 2.05) is 13.2 Å². The Hall–Kier alpha value is -1.81. The van der Waals surface area contributed by atoms with Crippen molar-refractivity contribution in [2.24, 2.45) is 7.05 Å². The summed E-state index contributed by atoms with van der Waals surface area (Å²) in [4.78, 5) is 11.3. The van der Waals surface area contributed by atoms with Crippen LogP contribution < -0.4 is 0 Å². The third-order valence-electron chi connectivity index (χ3n) is 2.89. The molecule has 5 heteroatoms. The number of hydrogen-bond donors (Lipinski definition) is 1. The van der Waals surface area contributed by atoms with Gasteiger partial charge in [-0.1, -0.05) is 24.9 Å². The average molecular weight is 279 g/mol. The maximum absolute atomic E-state index is 11.3. The zero-order chi connectivity index (χ0) is 14.0. The van der Waals surface area contributed by atoms with E-state index in [0.717, 1.165) is 24.1 Å². The summed E-state index contributed by atoms with van der Waals surface area (Å²) in [5, 5.41) is 14.2. The number of benzene rings is 1. The highest BCUT2D eigenvalue weighted by molar-refractivity contribution is 6.31. The first-order chi connectivity index (χ1) is 9.02. The van der Waals surface area contributed by atoms with E-state index in [-0.39, 0.29) is 5.56 Å². The number of halogens is 1. The minimum absolute atomic E-state index is 0.245. The van der Waals surface area contributed by atoms with E-state index < -0.39 is 5.97 Å². The van der Waals surface area contributed by atoms with E-state index in [1.165, 1.54) is 6.07 Å². The van der Waals surface area contributed by atoms with Gasteiger partial charge in [-0.2, -0.15) is 5.10 Å². The van der Waals surface area contributed by atoms with Crippen molar-refractivity contribution in [2.75, 3.05) is 0 Å². The Labute approximate surface area is 116 Å². The number of rotatable bonds is 4. The van der Waals surface area contributed by atoms with Crippen LogP contribution in [0.25, 0.3) is 11.1 Å². The van der Waals surface area contributed by atoms with Gasteiger partial charge in [0, 0.05) is 29.4 Å². The molecule has 100 valence electrons. The summed E-state index contributed by atoms with van der Waals surface area (Å²) in [5.41, 5.74) is 2.60. The maximum atomic E-state index is 11.3. The highest BCUT2D eigenvalue weighted by Gasteiger charge is 2.17. The molecule has 19 heavy (non-hydrogen) atoms. The van der Waals surface area contributed by atoms with Crippen molar-refractivity contribution in [1.82, 2.24) is 9.78 Å². The van der Waals surface area contributed by atoms with E-state index in [1.54, 1.807) is 16.8 Å². The molecule has 1 aromatic carbocycles. The van der Waals surface area contributed by atoms with E-state index >= 15 is 0 Å². The fourth-order valence-corrected chi connectivity index (χ4v) is 2.28. The van der Waals surface area contributed by atoms with Crippen LogP contribution in [0.4, 0.5) is 0 Å². The number of aromatic carboxylic acids is 1. The molecule has 0 amide bonds. The van der Waals surface area contributed by atoms with Crippen LogP contribution in [-0.4, -0.2) is 20.9 Å². The summed E-state index contributed by atoms with van der Waals surface area (Å²) < 4.78 is 1.70. The van der Waals surface area contributed by atoms with Crippen LogP contribution >= 0.6 is 11.6 Å². The molecule has 0 radical (unpaired) electrons. The second-order valence-corrected chi connectivity index (χ2v) is 4.84. The molecule has 0 aliphatic rings. The summed E-state index contributed by atoms with van der Waals surface area (Å²) in [5.74, 6) is -0.960. The van der Waals surface area contributed by atoms with Crippen LogP contribution in [-0.2, 0) is 13.5 Å². The third-order valence-corrected chi connectivity index (χ3v) is 3.13. The van der Waals surface area contributed by atoms with Crippen molar-refractivity contribution < 1.29 is 9.90 Å². The van der Waals surface area contributed by atoms with Crippen molar-refractivity contribution in [1.29, 1.82) is 0 Å². The van der Waals surface area contributed by atoms with Gasteiger partial charge in [0.15, 0.2) is 0 Å². The van der Waals surface area contributed by atoms with Gasteiger partial charge in [-0.3, -0.25) is 4.68 Å². The van der Waals surface area contributed by atoms with Crippen molar-refractivity contribution in [2.45, 2.75) is 19.8 Å².